The van der Waals surface area contributed by atoms with Crippen molar-refractivity contribution in [3.05, 3.63) is 45.9 Å². The zero-order valence-electron chi connectivity index (χ0n) is 9.49. The smallest absolute Gasteiger partial charge is 0.307 e. The molecular formula is C10H10N6O2. The predicted octanol–water partition coefficient (Wildman–Crippen LogP) is 0.768. The average molecular weight is 246 g/mol. The zero-order valence-corrected chi connectivity index (χ0v) is 9.49. The monoisotopic (exact) mass is 246 g/mol. The van der Waals surface area contributed by atoms with E-state index in [1.165, 1.54) is 10.9 Å². The second-order valence-electron chi connectivity index (χ2n) is 3.67. The number of nitrogens with zero attached hydrogens (tertiary/aromatic N) is 4. The Bertz CT molecular complexity index is 633. The van der Waals surface area contributed by atoms with Crippen LogP contribution in [-0.4, -0.2) is 25.5 Å². The maximum atomic E-state index is 10.6. The van der Waals surface area contributed by atoms with Gasteiger partial charge in [0.25, 0.3) is 0 Å². The highest BCUT2D eigenvalue weighted by Gasteiger charge is 2.11. The third kappa shape index (κ3) is 2.17. The van der Waals surface area contributed by atoms with E-state index in [1.54, 1.807) is 19.1 Å². The number of nitrogens with one attached hydrogen (secondary N) is 1. The molecule has 0 saturated heterocycles. The summed E-state index contributed by atoms with van der Waals surface area (Å²) in [6, 6.07) is 3.20. The highest BCUT2D eigenvalue weighted by molar-refractivity contribution is 5.95. The van der Waals surface area contributed by atoms with Gasteiger partial charge >= 0.3 is 5.69 Å². The SMILES string of the molecule is Cc1cc(C(=N)N)cc(-n2cc([N+](=O)[O-])cn2)n1. The van der Waals surface area contributed by atoms with Gasteiger partial charge in [-0.3, -0.25) is 15.5 Å². The Morgan fingerprint density at radius 2 is 2.28 bits per heavy atom. The minimum atomic E-state index is -0.537. The molecule has 0 aromatic carbocycles. The number of amidine groups is 1. The van der Waals surface area contributed by atoms with E-state index >= 15 is 0 Å². The number of rotatable bonds is 3. The summed E-state index contributed by atoms with van der Waals surface area (Å²) in [5, 5.41) is 21.8. The van der Waals surface area contributed by atoms with Gasteiger partial charge in [0.2, 0.25) is 0 Å². The van der Waals surface area contributed by atoms with Crippen LogP contribution in [0.4, 0.5) is 5.69 Å². The molecular weight excluding hydrogens is 236 g/mol. The summed E-state index contributed by atoms with van der Waals surface area (Å²) in [4.78, 5) is 14.2. The summed E-state index contributed by atoms with van der Waals surface area (Å²) < 4.78 is 1.28. The van der Waals surface area contributed by atoms with Crippen LogP contribution in [0.3, 0.4) is 0 Å². The Hall–Kier alpha value is -2.77. The standard InChI is InChI=1S/C10H10N6O2/c1-6-2-7(10(11)12)3-9(14-6)15-5-8(4-13-15)16(17)18/h2-5H,1H3,(H3,11,12). The van der Waals surface area contributed by atoms with Gasteiger partial charge in [-0.2, -0.15) is 5.10 Å². The van der Waals surface area contributed by atoms with E-state index in [4.69, 9.17) is 11.1 Å². The van der Waals surface area contributed by atoms with Gasteiger partial charge in [-0.05, 0) is 19.1 Å². The van der Waals surface area contributed by atoms with Crippen molar-refractivity contribution in [2.75, 3.05) is 0 Å². The summed E-state index contributed by atoms with van der Waals surface area (Å²) in [5.41, 5.74) is 6.42. The first-order valence-corrected chi connectivity index (χ1v) is 5.00. The third-order valence-electron chi connectivity index (χ3n) is 2.27. The summed E-state index contributed by atoms with van der Waals surface area (Å²) in [5.74, 6) is 0.289. The number of hydrogen-bond acceptors (Lipinski definition) is 5. The normalized spacial score (nSPS) is 10.3. The lowest BCUT2D eigenvalue weighted by molar-refractivity contribution is -0.384. The van der Waals surface area contributed by atoms with E-state index in [1.807, 2.05) is 0 Å². The molecule has 8 nitrogen and oxygen atoms in total. The van der Waals surface area contributed by atoms with Crippen LogP contribution in [0.2, 0.25) is 0 Å². The molecule has 0 fully saturated rings. The molecule has 0 atom stereocenters. The third-order valence-corrected chi connectivity index (χ3v) is 2.27. The van der Waals surface area contributed by atoms with E-state index in [0.29, 0.717) is 17.1 Å². The van der Waals surface area contributed by atoms with Crippen molar-refractivity contribution in [1.82, 2.24) is 14.8 Å². The van der Waals surface area contributed by atoms with E-state index in [-0.39, 0.29) is 11.5 Å². The highest BCUT2D eigenvalue weighted by atomic mass is 16.6. The Morgan fingerprint density at radius 3 is 2.83 bits per heavy atom. The fourth-order valence-corrected chi connectivity index (χ4v) is 1.46. The van der Waals surface area contributed by atoms with Gasteiger partial charge in [-0.1, -0.05) is 0 Å². The van der Waals surface area contributed by atoms with Crippen molar-refractivity contribution in [3.63, 3.8) is 0 Å². The number of aromatic nitrogens is 3. The molecule has 2 heterocycles. The van der Waals surface area contributed by atoms with E-state index < -0.39 is 4.92 Å². The molecule has 0 aliphatic carbocycles. The van der Waals surface area contributed by atoms with E-state index in [9.17, 15) is 10.1 Å². The molecule has 92 valence electrons. The van der Waals surface area contributed by atoms with Crippen molar-refractivity contribution in [1.29, 1.82) is 5.41 Å². The molecule has 3 N–H and O–H groups in total. The Morgan fingerprint density at radius 1 is 1.56 bits per heavy atom. The molecule has 0 aliphatic rings. The molecule has 18 heavy (non-hydrogen) atoms. The van der Waals surface area contributed by atoms with Gasteiger partial charge in [0.05, 0.1) is 4.92 Å². The Kier molecular flexibility index (Phi) is 2.76. The lowest BCUT2D eigenvalue weighted by atomic mass is 10.2. The van der Waals surface area contributed by atoms with Crippen molar-refractivity contribution < 1.29 is 4.92 Å². The fraction of sp³-hybridized carbons (Fsp3) is 0.100. The van der Waals surface area contributed by atoms with Gasteiger partial charge in [0.1, 0.15) is 18.2 Å². The largest absolute Gasteiger partial charge is 0.384 e. The lowest BCUT2D eigenvalue weighted by Gasteiger charge is -2.04. The molecule has 2 aromatic heterocycles. The van der Waals surface area contributed by atoms with Crippen LogP contribution in [0.5, 0.6) is 0 Å². The molecule has 0 bridgehead atoms. The summed E-state index contributed by atoms with van der Waals surface area (Å²) in [6.07, 6.45) is 2.39. The lowest BCUT2D eigenvalue weighted by Crippen LogP contribution is -2.13. The van der Waals surface area contributed by atoms with Crippen LogP contribution in [0.15, 0.2) is 24.5 Å². The number of nitrogen functional groups attached to an aromatic ring is 1. The van der Waals surface area contributed by atoms with Crippen LogP contribution < -0.4 is 5.73 Å². The van der Waals surface area contributed by atoms with E-state index in [0.717, 1.165) is 6.20 Å². The van der Waals surface area contributed by atoms with Crippen LogP contribution in [-0.2, 0) is 0 Å². The molecule has 2 aromatic rings. The first kappa shape index (κ1) is 11.7. The fourth-order valence-electron chi connectivity index (χ4n) is 1.46. The predicted molar refractivity (Wildman–Crippen MR) is 63.8 cm³/mol. The topological polar surface area (TPSA) is 124 Å². The quantitative estimate of drug-likeness (QED) is 0.358. The first-order valence-electron chi connectivity index (χ1n) is 5.00. The van der Waals surface area contributed by atoms with Crippen LogP contribution in [0.25, 0.3) is 5.82 Å². The number of nitro groups is 1. The number of hydrogen-bond donors (Lipinski definition) is 2. The second-order valence-corrected chi connectivity index (χ2v) is 3.67. The molecule has 0 radical (unpaired) electrons. The zero-order chi connectivity index (χ0) is 13.3. The molecule has 0 spiro atoms. The van der Waals surface area contributed by atoms with Crippen molar-refractivity contribution >= 4 is 11.5 Å². The molecule has 0 unspecified atom stereocenters. The summed E-state index contributed by atoms with van der Waals surface area (Å²) in [7, 11) is 0. The minimum Gasteiger partial charge on any atom is -0.384 e. The summed E-state index contributed by atoms with van der Waals surface area (Å²) in [6.45, 7) is 1.74. The maximum Gasteiger partial charge on any atom is 0.307 e. The first-order chi connectivity index (χ1) is 8.47. The maximum absolute atomic E-state index is 10.6. The van der Waals surface area contributed by atoms with Gasteiger partial charge in [-0.15, -0.1) is 0 Å². The molecule has 2 rings (SSSR count). The molecule has 0 amide bonds. The average Bonchev–Trinajstić information content (AvgIpc) is 2.77. The van der Waals surface area contributed by atoms with Gasteiger partial charge in [-0.25, -0.2) is 9.67 Å². The number of nitrogens with two attached hydrogens (primary N) is 1. The molecule has 0 saturated carbocycles. The van der Waals surface area contributed by atoms with Crippen LogP contribution in [0, 0.1) is 22.4 Å². The van der Waals surface area contributed by atoms with Gasteiger partial charge in [0, 0.05) is 11.3 Å². The minimum absolute atomic E-state index is 0.0941. The number of pyridine rings is 1. The van der Waals surface area contributed by atoms with Crippen molar-refractivity contribution in [2.45, 2.75) is 6.92 Å². The highest BCUT2D eigenvalue weighted by Crippen LogP contribution is 2.14. The number of aryl methyl sites for hydroxylation is 1. The molecule has 0 aliphatic heterocycles. The van der Waals surface area contributed by atoms with Gasteiger partial charge < -0.3 is 5.73 Å². The Labute approximate surface area is 102 Å². The summed E-state index contributed by atoms with van der Waals surface area (Å²) >= 11 is 0. The Balaban J connectivity index is 2.49. The van der Waals surface area contributed by atoms with Crippen LogP contribution >= 0.6 is 0 Å². The van der Waals surface area contributed by atoms with Gasteiger partial charge in [0.15, 0.2) is 5.82 Å². The van der Waals surface area contributed by atoms with Crippen LogP contribution in [0.1, 0.15) is 11.3 Å². The van der Waals surface area contributed by atoms with Crippen molar-refractivity contribution in [2.24, 2.45) is 5.73 Å². The molecule has 8 heteroatoms. The second kappa shape index (κ2) is 4.24. The van der Waals surface area contributed by atoms with E-state index in [2.05, 4.69) is 10.1 Å². The van der Waals surface area contributed by atoms with Crippen molar-refractivity contribution in [3.8, 4) is 5.82 Å².